The van der Waals surface area contributed by atoms with E-state index in [-0.39, 0.29) is 34.9 Å². The number of urea groups is 1. The zero-order valence-corrected chi connectivity index (χ0v) is 16.2. The summed E-state index contributed by atoms with van der Waals surface area (Å²) in [5.41, 5.74) is 0.272. The van der Waals surface area contributed by atoms with Crippen molar-refractivity contribution >= 4 is 17.7 Å². The minimum absolute atomic E-state index is 0.0918. The number of ether oxygens (including phenoxy) is 3. The molecule has 2 N–H and O–H groups in total. The van der Waals surface area contributed by atoms with Crippen LogP contribution in [0.15, 0.2) is 23.4 Å². The molecule has 0 fully saturated rings. The Bertz CT molecular complexity index is 820. The Morgan fingerprint density at radius 2 is 1.86 bits per heavy atom. The van der Waals surface area contributed by atoms with E-state index in [9.17, 15) is 19.7 Å². The third-order valence-electron chi connectivity index (χ3n) is 4.19. The quantitative estimate of drug-likeness (QED) is 0.394. The molecule has 0 aromatic heterocycles. The second-order valence-electron chi connectivity index (χ2n) is 5.92. The molecule has 28 heavy (non-hydrogen) atoms. The van der Waals surface area contributed by atoms with Crippen molar-refractivity contribution in [3.8, 4) is 11.5 Å². The maximum atomic E-state index is 12.6. The van der Waals surface area contributed by atoms with Gasteiger partial charge in [-0.25, -0.2) is 9.59 Å². The lowest BCUT2D eigenvalue weighted by Gasteiger charge is -2.29. The number of nitrogens with one attached hydrogen (secondary N) is 2. The summed E-state index contributed by atoms with van der Waals surface area (Å²) in [7, 11) is 2.75. The summed E-state index contributed by atoms with van der Waals surface area (Å²) in [6.45, 7) is 3.66. The van der Waals surface area contributed by atoms with Crippen LogP contribution in [0.3, 0.4) is 0 Å². The SMILES string of the molecule is CCCC1=C(C(=O)OCC)C(c2cc(OC)c(OC)cc2[N+](=O)[O-])NC(=O)N1. The predicted octanol–water partition coefficient (Wildman–Crippen LogP) is 2.58. The number of hydrogen-bond donors (Lipinski definition) is 2. The van der Waals surface area contributed by atoms with Crippen molar-refractivity contribution in [3.05, 3.63) is 39.1 Å². The van der Waals surface area contributed by atoms with Crippen molar-refractivity contribution in [1.29, 1.82) is 0 Å². The normalized spacial score (nSPS) is 16.1. The molecule has 0 saturated carbocycles. The molecule has 0 bridgehead atoms. The molecule has 10 nitrogen and oxygen atoms in total. The second-order valence-corrected chi connectivity index (χ2v) is 5.92. The molecule has 1 aromatic carbocycles. The van der Waals surface area contributed by atoms with E-state index in [1.165, 1.54) is 26.4 Å². The summed E-state index contributed by atoms with van der Waals surface area (Å²) in [5.74, 6) is -0.266. The summed E-state index contributed by atoms with van der Waals surface area (Å²) < 4.78 is 15.5. The van der Waals surface area contributed by atoms with E-state index >= 15 is 0 Å². The number of nitrogens with zero attached hydrogens (tertiary/aromatic N) is 1. The number of amides is 2. The van der Waals surface area contributed by atoms with Gasteiger partial charge in [0.15, 0.2) is 11.5 Å². The molecule has 1 aliphatic rings. The zero-order chi connectivity index (χ0) is 20.8. The molecule has 152 valence electrons. The van der Waals surface area contributed by atoms with Crippen LogP contribution in [0.2, 0.25) is 0 Å². The van der Waals surface area contributed by atoms with Crippen molar-refractivity contribution in [2.45, 2.75) is 32.7 Å². The molecule has 0 spiro atoms. The average molecular weight is 393 g/mol. The van der Waals surface area contributed by atoms with Crippen molar-refractivity contribution < 1.29 is 28.7 Å². The average Bonchev–Trinajstić information content (AvgIpc) is 2.66. The molecule has 2 amide bonds. The van der Waals surface area contributed by atoms with Gasteiger partial charge in [0.2, 0.25) is 0 Å². The van der Waals surface area contributed by atoms with Crippen LogP contribution in [0.25, 0.3) is 0 Å². The van der Waals surface area contributed by atoms with Gasteiger partial charge >= 0.3 is 12.0 Å². The lowest BCUT2D eigenvalue weighted by atomic mass is 9.92. The maximum absolute atomic E-state index is 12.6. The second kappa shape index (κ2) is 9.07. The first-order valence-corrected chi connectivity index (χ1v) is 8.75. The van der Waals surface area contributed by atoms with Crippen LogP contribution >= 0.6 is 0 Å². The lowest BCUT2D eigenvalue weighted by Crippen LogP contribution is -2.46. The monoisotopic (exact) mass is 393 g/mol. The molecule has 1 aliphatic heterocycles. The minimum Gasteiger partial charge on any atom is -0.493 e. The van der Waals surface area contributed by atoms with E-state index in [0.717, 1.165) is 0 Å². The highest BCUT2D eigenvalue weighted by atomic mass is 16.6. The highest BCUT2D eigenvalue weighted by molar-refractivity contribution is 5.95. The molecule has 0 saturated heterocycles. The summed E-state index contributed by atoms with van der Waals surface area (Å²) in [6.07, 6.45) is 1.05. The summed E-state index contributed by atoms with van der Waals surface area (Å²) >= 11 is 0. The molecular formula is C18H23N3O7. The van der Waals surface area contributed by atoms with Crippen molar-refractivity contribution in [2.24, 2.45) is 0 Å². The van der Waals surface area contributed by atoms with Gasteiger partial charge in [0.05, 0.1) is 49.0 Å². The fourth-order valence-corrected chi connectivity index (χ4v) is 3.02. The van der Waals surface area contributed by atoms with Crippen LogP contribution in [-0.2, 0) is 9.53 Å². The van der Waals surface area contributed by atoms with Gasteiger partial charge in [-0.2, -0.15) is 0 Å². The van der Waals surface area contributed by atoms with Crippen LogP contribution in [0.1, 0.15) is 38.3 Å². The fourth-order valence-electron chi connectivity index (χ4n) is 3.02. The molecule has 1 atom stereocenters. The molecule has 1 aromatic rings. The number of rotatable bonds is 8. The number of nitro groups is 1. The first kappa shape index (κ1) is 21.0. The van der Waals surface area contributed by atoms with Gasteiger partial charge in [0.25, 0.3) is 5.69 Å². The van der Waals surface area contributed by atoms with E-state index in [1.807, 2.05) is 6.92 Å². The Morgan fingerprint density at radius 3 is 2.39 bits per heavy atom. The van der Waals surface area contributed by atoms with E-state index in [4.69, 9.17) is 14.2 Å². The van der Waals surface area contributed by atoms with Gasteiger partial charge in [-0.1, -0.05) is 13.3 Å². The van der Waals surface area contributed by atoms with Gasteiger partial charge in [-0.15, -0.1) is 0 Å². The lowest BCUT2D eigenvalue weighted by molar-refractivity contribution is -0.385. The Kier molecular flexibility index (Phi) is 6.80. The third-order valence-corrected chi connectivity index (χ3v) is 4.19. The fraction of sp³-hybridized carbons (Fsp3) is 0.444. The molecule has 1 heterocycles. The van der Waals surface area contributed by atoms with Gasteiger partial charge in [-0.3, -0.25) is 10.1 Å². The molecule has 0 aliphatic carbocycles. The summed E-state index contributed by atoms with van der Waals surface area (Å²) in [6, 6.07) is 0.945. The van der Waals surface area contributed by atoms with Crippen molar-refractivity contribution in [2.75, 3.05) is 20.8 Å². The minimum atomic E-state index is -1.07. The number of hydrogen-bond acceptors (Lipinski definition) is 7. The Balaban J connectivity index is 2.74. The highest BCUT2D eigenvalue weighted by Crippen LogP contribution is 2.41. The standard InChI is InChI=1S/C18H23N3O7/c1-5-7-11-15(17(22)28-6-2)16(20-18(23)19-11)10-8-13(26-3)14(27-4)9-12(10)21(24)25/h8-9,16H,5-7H2,1-4H3,(H2,19,20,23). The number of carbonyl (C=O) groups excluding carboxylic acids is 2. The zero-order valence-electron chi connectivity index (χ0n) is 16.2. The van der Waals surface area contributed by atoms with Crippen LogP contribution in [0, 0.1) is 10.1 Å². The van der Waals surface area contributed by atoms with Crippen molar-refractivity contribution in [3.63, 3.8) is 0 Å². The Morgan fingerprint density at radius 1 is 1.21 bits per heavy atom. The predicted molar refractivity (Wildman–Crippen MR) is 99.2 cm³/mol. The van der Waals surface area contributed by atoms with E-state index in [1.54, 1.807) is 6.92 Å². The first-order valence-electron chi connectivity index (χ1n) is 8.75. The first-order chi connectivity index (χ1) is 13.4. The summed E-state index contributed by atoms with van der Waals surface area (Å²) in [5, 5.41) is 16.9. The number of benzene rings is 1. The van der Waals surface area contributed by atoms with Crippen LogP contribution in [-0.4, -0.2) is 37.8 Å². The molecule has 10 heteroatoms. The number of carbonyl (C=O) groups is 2. The molecule has 2 rings (SSSR count). The van der Waals surface area contributed by atoms with E-state index < -0.39 is 23.0 Å². The Labute approximate surface area is 162 Å². The van der Waals surface area contributed by atoms with Crippen LogP contribution in [0.4, 0.5) is 10.5 Å². The van der Waals surface area contributed by atoms with Gasteiger partial charge in [-0.05, 0) is 19.4 Å². The van der Waals surface area contributed by atoms with Gasteiger partial charge in [0.1, 0.15) is 0 Å². The van der Waals surface area contributed by atoms with E-state index in [0.29, 0.717) is 18.5 Å². The maximum Gasteiger partial charge on any atom is 0.338 e. The summed E-state index contributed by atoms with van der Waals surface area (Å²) in [4.78, 5) is 35.9. The molecular weight excluding hydrogens is 370 g/mol. The van der Waals surface area contributed by atoms with E-state index in [2.05, 4.69) is 10.6 Å². The van der Waals surface area contributed by atoms with Gasteiger partial charge < -0.3 is 24.8 Å². The molecule has 0 radical (unpaired) electrons. The van der Waals surface area contributed by atoms with Crippen molar-refractivity contribution in [1.82, 2.24) is 10.6 Å². The number of methoxy groups -OCH3 is 2. The number of nitro benzene ring substituents is 1. The number of allylic oxidation sites excluding steroid dienone is 1. The van der Waals surface area contributed by atoms with Crippen LogP contribution in [0.5, 0.6) is 11.5 Å². The highest BCUT2D eigenvalue weighted by Gasteiger charge is 2.37. The number of esters is 1. The molecule has 1 unspecified atom stereocenters. The van der Waals surface area contributed by atoms with Crippen LogP contribution < -0.4 is 20.1 Å². The topological polar surface area (TPSA) is 129 Å². The third kappa shape index (κ3) is 4.16. The smallest absolute Gasteiger partial charge is 0.338 e. The largest absolute Gasteiger partial charge is 0.493 e. The Hall–Kier alpha value is -3.30. The van der Waals surface area contributed by atoms with Gasteiger partial charge in [0, 0.05) is 5.70 Å².